The van der Waals surface area contributed by atoms with E-state index < -0.39 is 0 Å². The van der Waals surface area contributed by atoms with E-state index in [0.29, 0.717) is 6.61 Å². The molecule has 0 aliphatic carbocycles. The van der Waals surface area contributed by atoms with Crippen LogP contribution in [0, 0.1) is 6.92 Å². The molecule has 1 aromatic carbocycles. The van der Waals surface area contributed by atoms with E-state index in [1.807, 2.05) is 43.3 Å². The van der Waals surface area contributed by atoms with Crippen molar-refractivity contribution in [3.63, 3.8) is 0 Å². The molecule has 2 aromatic heterocycles. The van der Waals surface area contributed by atoms with Crippen LogP contribution in [-0.4, -0.2) is 9.97 Å². The van der Waals surface area contributed by atoms with Crippen molar-refractivity contribution in [3.8, 4) is 17.1 Å². The Morgan fingerprint density at radius 1 is 1.21 bits per heavy atom. The number of nitrogens with one attached hydrogen (secondary N) is 1. The quantitative estimate of drug-likeness (QED) is 0.774. The highest BCUT2D eigenvalue weighted by molar-refractivity contribution is 5.58. The molecule has 0 saturated heterocycles. The molecule has 96 valence electrons. The Labute approximate surface area is 111 Å². The normalized spacial score (nSPS) is 10.6. The van der Waals surface area contributed by atoms with Crippen LogP contribution >= 0.6 is 0 Å². The van der Waals surface area contributed by atoms with Crippen LogP contribution in [0.1, 0.15) is 11.4 Å². The summed E-state index contributed by atoms with van der Waals surface area (Å²) in [6.07, 6.45) is 3.34. The number of imidazole rings is 1. The standard InChI is InChI=1S/C15H14N2O2/c1-11-14(17-10-16-11)9-19-13-6-4-12(5-7-13)15-3-2-8-18-15/h2-8,10H,9H2,1H3,(H,16,17). The van der Waals surface area contributed by atoms with Gasteiger partial charge in [0.15, 0.2) is 0 Å². The molecule has 19 heavy (non-hydrogen) atoms. The first kappa shape index (κ1) is 11.6. The zero-order valence-corrected chi connectivity index (χ0v) is 10.6. The summed E-state index contributed by atoms with van der Waals surface area (Å²) in [4.78, 5) is 7.22. The number of hydrogen-bond donors (Lipinski definition) is 1. The molecule has 3 rings (SSSR count). The minimum atomic E-state index is 0.468. The van der Waals surface area contributed by atoms with E-state index >= 15 is 0 Å². The first-order chi connectivity index (χ1) is 9.33. The number of benzene rings is 1. The number of furan rings is 1. The molecule has 0 saturated carbocycles. The van der Waals surface area contributed by atoms with Crippen LogP contribution in [0.4, 0.5) is 0 Å². The number of hydrogen-bond acceptors (Lipinski definition) is 3. The minimum Gasteiger partial charge on any atom is -0.487 e. The number of ether oxygens (including phenoxy) is 1. The number of aromatic amines is 1. The highest BCUT2D eigenvalue weighted by atomic mass is 16.5. The van der Waals surface area contributed by atoms with E-state index in [1.54, 1.807) is 12.6 Å². The first-order valence-corrected chi connectivity index (χ1v) is 6.08. The molecule has 0 fully saturated rings. The van der Waals surface area contributed by atoms with E-state index in [1.165, 1.54) is 0 Å². The van der Waals surface area contributed by atoms with Crippen LogP contribution in [0.15, 0.2) is 53.4 Å². The summed E-state index contributed by atoms with van der Waals surface area (Å²) in [6, 6.07) is 11.6. The van der Waals surface area contributed by atoms with Gasteiger partial charge in [-0.25, -0.2) is 4.98 Å². The maximum Gasteiger partial charge on any atom is 0.133 e. The van der Waals surface area contributed by atoms with E-state index in [-0.39, 0.29) is 0 Å². The Morgan fingerprint density at radius 2 is 2.05 bits per heavy atom. The lowest BCUT2D eigenvalue weighted by molar-refractivity contribution is 0.301. The van der Waals surface area contributed by atoms with Gasteiger partial charge in [-0.3, -0.25) is 0 Å². The summed E-state index contributed by atoms with van der Waals surface area (Å²) in [5, 5.41) is 0. The van der Waals surface area contributed by atoms with Crippen molar-refractivity contribution in [2.24, 2.45) is 0 Å². The third-order valence-electron chi connectivity index (χ3n) is 2.97. The lowest BCUT2D eigenvalue weighted by Crippen LogP contribution is -1.97. The molecule has 2 heterocycles. The SMILES string of the molecule is Cc1[nH]cnc1COc1ccc(-c2ccco2)cc1. The molecule has 0 bridgehead atoms. The van der Waals surface area contributed by atoms with Crippen molar-refractivity contribution in [1.82, 2.24) is 9.97 Å². The molecular weight excluding hydrogens is 240 g/mol. The molecule has 0 atom stereocenters. The van der Waals surface area contributed by atoms with Crippen LogP contribution in [0.3, 0.4) is 0 Å². The number of aromatic nitrogens is 2. The van der Waals surface area contributed by atoms with E-state index in [0.717, 1.165) is 28.5 Å². The van der Waals surface area contributed by atoms with Crippen LogP contribution < -0.4 is 4.74 Å². The third-order valence-corrected chi connectivity index (χ3v) is 2.97. The van der Waals surface area contributed by atoms with Gasteiger partial charge in [-0.2, -0.15) is 0 Å². The molecule has 0 amide bonds. The largest absolute Gasteiger partial charge is 0.487 e. The summed E-state index contributed by atoms with van der Waals surface area (Å²) >= 11 is 0. The fourth-order valence-corrected chi connectivity index (χ4v) is 1.84. The Bertz CT molecular complexity index is 639. The van der Waals surface area contributed by atoms with Gasteiger partial charge in [-0.1, -0.05) is 0 Å². The summed E-state index contributed by atoms with van der Waals surface area (Å²) < 4.78 is 11.0. The average Bonchev–Trinajstić information content (AvgIpc) is 3.09. The van der Waals surface area contributed by atoms with Gasteiger partial charge in [0.05, 0.1) is 18.3 Å². The second-order valence-corrected chi connectivity index (χ2v) is 4.26. The Kier molecular flexibility index (Phi) is 3.06. The Balaban J connectivity index is 1.68. The number of H-pyrrole nitrogens is 1. The van der Waals surface area contributed by atoms with Crippen molar-refractivity contribution in [2.75, 3.05) is 0 Å². The smallest absolute Gasteiger partial charge is 0.133 e. The molecule has 3 aromatic rings. The van der Waals surface area contributed by atoms with E-state index in [4.69, 9.17) is 9.15 Å². The van der Waals surface area contributed by atoms with Crippen LogP contribution in [-0.2, 0) is 6.61 Å². The topological polar surface area (TPSA) is 51.0 Å². The van der Waals surface area contributed by atoms with Gasteiger partial charge in [-0.15, -0.1) is 0 Å². The first-order valence-electron chi connectivity index (χ1n) is 6.08. The predicted octanol–water partition coefficient (Wildman–Crippen LogP) is 3.56. The summed E-state index contributed by atoms with van der Waals surface area (Å²) in [6.45, 7) is 2.45. The van der Waals surface area contributed by atoms with Crippen molar-refractivity contribution in [3.05, 3.63) is 60.4 Å². The maximum absolute atomic E-state index is 5.69. The molecule has 0 radical (unpaired) electrons. The minimum absolute atomic E-state index is 0.468. The molecule has 0 spiro atoms. The lowest BCUT2D eigenvalue weighted by Gasteiger charge is -2.05. The second-order valence-electron chi connectivity index (χ2n) is 4.26. The monoisotopic (exact) mass is 254 g/mol. The van der Waals surface area contributed by atoms with Gasteiger partial charge in [-0.05, 0) is 43.3 Å². The van der Waals surface area contributed by atoms with E-state index in [2.05, 4.69) is 9.97 Å². The zero-order valence-electron chi connectivity index (χ0n) is 10.6. The molecular formula is C15H14N2O2. The van der Waals surface area contributed by atoms with Crippen LogP contribution in [0.2, 0.25) is 0 Å². The van der Waals surface area contributed by atoms with Gasteiger partial charge in [0.1, 0.15) is 18.1 Å². The van der Waals surface area contributed by atoms with Crippen molar-refractivity contribution < 1.29 is 9.15 Å². The molecule has 0 unspecified atom stereocenters. The third kappa shape index (κ3) is 2.52. The van der Waals surface area contributed by atoms with Crippen LogP contribution in [0.25, 0.3) is 11.3 Å². The molecule has 0 aliphatic rings. The molecule has 1 N–H and O–H groups in total. The number of rotatable bonds is 4. The number of aryl methyl sites for hydroxylation is 1. The molecule has 4 nitrogen and oxygen atoms in total. The van der Waals surface area contributed by atoms with Crippen molar-refractivity contribution >= 4 is 0 Å². The fraction of sp³-hybridized carbons (Fsp3) is 0.133. The van der Waals surface area contributed by atoms with Gasteiger partial charge >= 0.3 is 0 Å². The Morgan fingerprint density at radius 3 is 2.68 bits per heavy atom. The van der Waals surface area contributed by atoms with Gasteiger partial charge < -0.3 is 14.1 Å². The molecule has 4 heteroatoms. The van der Waals surface area contributed by atoms with Gasteiger partial charge in [0.2, 0.25) is 0 Å². The number of nitrogens with zero attached hydrogens (tertiary/aromatic N) is 1. The van der Waals surface area contributed by atoms with Crippen molar-refractivity contribution in [1.29, 1.82) is 0 Å². The van der Waals surface area contributed by atoms with Crippen LogP contribution in [0.5, 0.6) is 5.75 Å². The molecule has 0 aliphatic heterocycles. The van der Waals surface area contributed by atoms with Gasteiger partial charge in [0, 0.05) is 11.3 Å². The second kappa shape index (κ2) is 5.02. The highest BCUT2D eigenvalue weighted by Crippen LogP contribution is 2.23. The van der Waals surface area contributed by atoms with E-state index in [9.17, 15) is 0 Å². The fourth-order valence-electron chi connectivity index (χ4n) is 1.84. The van der Waals surface area contributed by atoms with Crippen molar-refractivity contribution in [2.45, 2.75) is 13.5 Å². The Hall–Kier alpha value is -2.49. The summed E-state index contributed by atoms with van der Waals surface area (Å²) in [5.41, 5.74) is 3.00. The highest BCUT2D eigenvalue weighted by Gasteiger charge is 2.03. The zero-order chi connectivity index (χ0) is 13.1. The van der Waals surface area contributed by atoms with Gasteiger partial charge in [0.25, 0.3) is 0 Å². The lowest BCUT2D eigenvalue weighted by atomic mass is 10.2. The summed E-state index contributed by atoms with van der Waals surface area (Å²) in [5.74, 6) is 1.67. The predicted molar refractivity (Wildman–Crippen MR) is 71.8 cm³/mol. The maximum atomic E-state index is 5.69. The summed E-state index contributed by atoms with van der Waals surface area (Å²) in [7, 11) is 0. The average molecular weight is 254 g/mol.